The summed E-state index contributed by atoms with van der Waals surface area (Å²) in [7, 11) is 1.38. The third-order valence-electron chi connectivity index (χ3n) is 8.36. The molecule has 45 heavy (non-hydrogen) atoms. The van der Waals surface area contributed by atoms with Gasteiger partial charge in [0.2, 0.25) is 0 Å². The first-order valence-electron chi connectivity index (χ1n) is 14.8. The van der Waals surface area contributed by atoms with Crippen molar-refractivity contribution in [3.05, 3.63) is 35.8 Å². The van der Waals surface area contributed by atoms with E-state index in [-0.39, 0.29) is 36.4 Å². The molecular weight excluding hydrogens is 603 g/mol. The van der Waals surface area contributed by atoms with Gasteiger partial charge in [-0.05, 0) is 45.7 Å². The number of aliphatic hydroxyl groups excluding tert-OH is 2. The Balaban J connectivity index is 1.27. The second kappa shape index (κ2) is 13.1. The van der Waals surface area contributed by atoms with Gasteiger partial charge in [0.25, 0.3) is 0 Å². The maximum Gasteiger partial charge on any atom is 0.410 e. The molecule has 2 amide bonds. The second-order valence-electron chi connectivity index (χ2n) is 12.5. The van der Waals surface area contributed by atoms with Crippen LogP contribution in [0.3, 0.4) is 0 Å². The van der Waals surface area contributed by atoms with Gasteiger partial charge in [0.1, 0.15) is 47.9 Å². The highest BCUT2D eigenvalue weighted by molar-refractivity contribution is 5.70. The Morgan fingerprint density at radius 1 is 1.13 bits per heavy atom. The summed E-state index contributed by atoms with van der Waals surface area (Å²) >= 11 is 0. The fraction of sp³-hybridized carbons (Fsp3) is 0.655. The minimum absolute atomic E-state index is 0.000250. The molecule has 248 valence electrons. The van der Waals surface area contributed by atoms with Crippen LogP contribution in [0.5, 0.6) is 0 Å². The molecule has 3 aliphatic heterocycles. The maximum absolute atomic E-state index is 13.9. The van der Waals surface area contributed by atoms with Crippen LogP contribution in [0.25, 0.3) is 11.3 Å². The zero-order valence-corrected chi connectivity index (χ0v) is 25.4. The van der Waals surface area contributed by atoms with E-state index in [1.165, 1.54) is 22.9 Å². The van der Waals surface area contributed by atoms with Gasteiger partial charge >= 0.3 is 12.2 Å². The normalized spacial score (nSPS) is 28.0. The van der Waals surface area contributed by atoms with Gasteiger partial charge in [-0.25, -0.2) is 27.4 Å². The van der Waals surface area contributed by atoms with E-state index in [1.807, 2.05) is 20.8 Å². The van der Waals surface area contributed by atoms with Crippen molar-refractivity contribution in [2.45, 2.75) is 75.8 Å². The Kier molecular flexibility index (Phi) is 9.58. The first kappa shape index (κ1) is 32.9. The summed E-state index contributed by atoms with van der Waals surface area (Å²) in [5.74, 6) is -4.39. The summed E-state index contributed by atoms with van der Waals surface area (Å²) in [6.07, 6.45) is -2.98. The van der Waals surface area contributed by atoms with Gasteiger partial charge < -0.3 is 39.0 Å². The molecule has 0 saturated carbocycles. The molecule has 2 N–H and O–H groups in total. The quantitative estimate of drug-likeness (QED) is 0.432. The van der Waals surface area contributed by atoms with Crippen LogP contribution in [0, 0.1) is 23.4 Å². The number of rotatable bonds is 7. The van der Waals surface area contributed by atoms with Crippen LogP contribution in [0.2, 0.25) is 0 Å². The molecule has 0 bridgehead atoms. The highest BCUT2D eigenvalue weighted by atomic mass is 19.2. The van der Waals surface area contributed by atoms with Crippen LogP contribution < -0.4 is 0 Å². The van der Waals surface area contributed by atoms with E-state index in [4.69, 9.17) is 18.9 Å². The minimum Gasteiger partial charge on any atom is -0.444 e. The Hall–Kier alpha value is -3.47. The van der Waals surface area contributed by atoms with E-state index >= 15 is 0 Å². The third-order valence-corrected chi connectivity index (χ3v) is 8.36. The van der Waals surface area contributed by atoms with Gasteiger partial charge in [0.15, 0.2) is 17.5 Å². The molecule has 4 heterocycles. The summed E-state index contributed by atoms with van der Waals surface area (Å²) in [5, 5.41) is 29.0. The highest BCUT2D eigenvalue weighted by Gasteiger charge is 2.49. The van der Waals surface area contributed by atoms with Gasteiger partial charge in [-0.15, -0.1) is 5.10 Å². The lowest BCUT2D eigenvalue weighted by Gasteiger charge is -2.44. The first-order chi connectivity index (χ1) is 21.3. The van der Waals surface area contributed by atoms with E-state index in [9.17, 15) is 33.0 Å². The fourth-order valence-corrected chi connectivity index (χ4v) is 6.10. The molecule has 3 saturated heterocycles. The maximum atomic E-state index is 13.9. The molecule has 1 aromatic carbocycles. The number of carbonyl (C=O) groups excluding carboxylic acids is 2. The number of hydrogen-bond donors (Lipinski definition) is 2. The topological polar surface area (TPSA) is 149 Å². The van der Waals surface area contributed by atoms with E-state index in [0.717, 1.165) is 12.1 Å². The molecule has 3 fully saturated rings. The predicted octanol–water partition coefficient (Wildman–Crippen LogP) is 2.51. The molecule has 0 spiro atoms. The van der Waals surface area contributed by atoms with Crippen LogP contribution in [0.1, 0.15) is 39.7 Å². The van der Waals surface area contributed by atoms with Gasteiger partial charge in [-0.2, -0.15) is 0 Å². The monoisotopic (exact) mass is 641 g/mol. The van der Waals surface area contributed by atoms with Crippen molar-refractivity contribution in [2.75, 3.05) is 39.9 Å². The van der Waals surface area contributed by atoms with E-state index in [1.54, 1.807) is 4.90 Å². The molecule has 6 atom stereocenters. The van der Waals surface area contributed by atoms with Crippen LogP contribution >= 0.6 is 0 Å². The lowest BCUT2D eigenvalue weighted by Crippen LogP contribution is -2.59. The minimum atomic E-state index is -1.62. The number of methoxy groups -OCH3 is 1. The van der Waals surface area contributed by atoms with Gasteiger partial charge in [-0.1, -0.05) is 5.21 Å². The van der Waals surface area contributed by atoms with Crippen LogP contribution in [0.15, 0.2) is 18.3 Å². The number of ether oxygens (including phenoxy) is 4. The molecular formula is C29H38F3N5O8. The van der Waals surface area contributed by atoms with Crippen molar-refractivity contribution in [2.24, 2.45) is 5.92 Å². The molecule has 16 heteroatoms. The molecule has 0 radical (unpaired) electrons. The van der Waals surface area contributed by atoms with E-state index < -0.39 is 72.3 Å². The number of halogens is 3. The Morgan fingerprint density at radius 3 is 2.40 bits per heavy atom. The molecule has 2 aromatic rings. The fourth-order valence-electron chi connectivity index (χ4n) is 6.10. The molecule has 1 aromatic heterocycles. The summed E-state index contributed by atoms with van der Waals surface area (Å²) in [6.45, 7) is 6.06. The number of piperidine rings is 1. The first-order valence-corrected chi connectivity index (χ1v) is 14.8. The van der Waals surface area contributed by atoms with Crippen LogP contribution in [0.4, 0.5) is 22.8 Å². The van der Waals surface area contributed by atoms with Crippen LogP contribution in [-0.4, -0.2) is 123 Å². The highest BCUT2D eigenvalue weighted by Crippen LogP contribution is 2.35. The summed E-state index contributed by atoms with van der Waals surface area (Å²) in [5.41, 5.74) is -0.674. The number of likely N-dealkylation sites (tertiary alicyclic amines) is 1. The van der Waals surface area contributed by atoms with Crippen molar-refractivity contribution >= 4 is 12.2 Å². The van der Waals surface area contributed by atoms with Gasteiger partial charge in [0, 0.05) is 31.7 Å². The SMILES string of the molecule is CO[C@@H]1[C@@H](n2cc(-c3cc(F)c(F)c(F)c3)nn2)[C@@H](O)[C@@H](CO)O[C@@H]1CN1CC(C2CCN(C(=O)OC(C)(C)C)CC2)OC1=O. The van der Waals surface area contributed by atoms with Gasteiger partial charge in [-0.3, -0.25) is 0 Å². The van der Waals surface area contributed by atoms with Crippen molar-refractivity contribution in [1.29, 1.82) is 0 Å². The zero-order valence-electron chi connectivity index (χ0n) is 25.4. The van der Waals surface area contributed by atoms with Crippen molar-refractivity contribution < 1.29 is 51.9 Å². The Labute approximate surface area is 257 Å². The van der Waals surface area contributed by atoms with Crippen molar-refractivity contribution in [1.82, 2.24) is 24.8 Å². The van der Waals surface area contributed by atoms with Gasteiger partial charge in [0.05, 0.1) is 25.9 Å². The largest absolute Gasteiger partial charge is 0.444 e. The Bertz CT molecular complexity index is 1360. The second-order valence-corrected chi connectivity index (χ2v) is 12.5. The number of cyclic esters (lactones) is 1. The standard InChI is InChI=1S/C29H38F3N5O8/c1-29(2,3)45-28(41)35-7-5-15(6-8-35)20-12-36(27(40)44-20)13-21-26(42-4)24(25(39)22(14-38)43-21)37-11-19(33-34-37)16-9-17(30)23(32)18(31)10-16/h9-11,15,20-22,24-26,38-39H,5-8,12-14H2,1-4H3/t20?,21-,22-,24+,25+,26+/m1/s1. The smallest absolute Gasteiger partial charge is 0.410 e. The predicted molar refractivity (Wildman–Crippen MR) is 149 cm³/mol. The average Bonchev–Trinajstić information content (AvgIpc) is 3.62. The summed E-state index contributed by atoms with van der Waals surface area (Å²) < 4.78 is 65.3. The lowest BCUT2D eigenvalue weighted by molar-refractivity contribution is -0.214. The number of aliphatic hydroxyl groups is 2. The van der Waals surface area contributed by atoms with Crippen molar-refractivity contribution in [3.8, 4) is 11.3 Å². The number of amides is 2. The molecule has 1 unspecified atom stereocenters. The number of aromatic nitrogens is 3. The van der Waals surface area contributed by atoms with Crippen molar-refractivity contribution in [3.63, 3.8) is 0 Å². The number of carbonyl (C=O) groups is 2. The zero-order chi connectivity index (χ0) is 32.6. The molecule has 3 aliphatic rings. The molecule has 13 nitrogen and oxygen atoms in total. The number of hydrogen-bond acceptors (Lipinski definition) is 10. The summed E-state index contributed by atoms with van der Waals surface area (Å²) in [6, 6.07) is 0.558. The Morgan fingerprint density at radius 2 is 1.80 bits per heavy atom. The number of nitrogens with zero attached hydrogens (tertiary/aromatic N) is 5. The number of benzene rings is 1. The van der Waals surface area contributed by atoms with Crippen LogP contribution in [-0.2, 0) is 18.9 Å². The average molecular weight is 642 g/mol. The molecule has 5 rings (SSSR count). The summed E-state index contributed by atoms with van der Waals surface area (Å²) in [4.78, 5) is 28.5. The lowest BCUT2D eigenvalue weighted by atomic mass is 9.90. The van der Waals surface area contributed by atoms with E-state index in [2.05, 4.69) is 10.3 Å². The molecule has 0 aliphatic carbocycles. The third kappa shape index (κ3) is 7.03. The van der Waals surface area contributed by atoms with E-state index in [0.29, 0.717) is 25.9 Å².